The lowest BCUT2D eigenvalue weighted by Gasteiger charge is -2.34. The third kappa shape index (κ3) is 4.82. The van der Waals surface area contributed by atoms with Gasteiger partial charge in [0.1, 0.15) is 0 Å². The Kier molecular flexibility index (Phi) is 6.90. The van der Waals surface area contributed by atoms with E-state index in [1.807, 2.05) is 28.9 Å². The number of nitrogens with one attached hydrogen (secondary N) is 1. The van der Waals surface area contributed by atoms with Crippen LogP contribution in [0.4, 0.5) is 0 Å². The first kappa shape index (κ1) is 20.2. The van der Waals surface area contributed by atoms with Gasteiger partial charge in [-0.15, -0.1) is 0 Å². The van der Waals surface area contributed by atoms with Crippen molar-refractivity contribution in [2.75, 3.05) is 39.8 Å². The molecule has 7 heteroatoms. The molecule has 1 aromatic carbocycles. The molecule has 0 aromatic heterocycles. The van der Waals surface area contributed by atoms with Crippen LogP contribution < -0.4 is 5.32 Å². The molecule has 1 amide bonds. The maximum atomic E-state index is 12.7. The summed E-state index contributed by atoms with van der Waals surface area (Å²) in [6.07, 6.45) is 2.63. The van der Waals surface area contributed by atoms with Crippen molar-refractivity contribution in [3.63, 3.8) is 0 Å². The van der Waals surface area contributed by atoms with E-state index in [0.29, 0.717) is 25.7 Å². The average Bonchev–Trinajstić information content (AvgIpc) is 2.74. The molecule has 28 heavy (non-hydrogen) atoms. The highest BCUT2D eigenvalue weighted by Crippen LogP contribution is 2.19. The normalized spacial score (nSPS) is 19.8. The number of piperidine rings is 1. The van der Waals surface area contributed by atoms with Crippen LogP contribution in [0, 0.1) is 5.92 Å². The highest BCUT2D eigenvalue weighted by Gasteiger charge is 2.29. The minimum Gasteiger partial charge on any atom is -0.466 e. The number of carbonyl (C=O) groups is 2. The van der Waals surface area contributed by atoms with Crippen molar-refractivity contribution >= 4 is 17.8 Å². The molecule has 2 aliphatic heterocycles. The smallest absolute Gasteiger partial charge is 0.310 e. The van der Waals surface area contributed by atoms with Gasteiger partial charge in [-0.3, -0.25) is 14.6 Å². The lowest BCUT2D eigenvalue weighted by molar-refractivity contribution is -0.149. The summed E-state index contributed by atoms with van der Waals surface area (Å²) in [6.45, 7) is 5.22. The Morgan fingerprint density at radius 3 is 2.75 bits per heavy atom. The summed E-state index contributed by atoms with van der Waals surface area (Å²) in [6, 6.07) is 8.28. The number of nitrogens with zero attached hydrogens (tertiary/aromatic N) is 3. The van der Waals surface area contributed by atoms with E-state index in [1.165, 1.54) is 11.1 Å². The first-order valence-electron chi connectivity index (χ1n) is 10.1. The standard InChI is InChI=1S/C21H30N4O3/c1-3-28-20(27)18-9-6-11-25(15-18)21(22-2)23-13-19(26)24-12-10-16-7-4-5-8-17(16)14-24/h4-5,7-8,18H,3,6,9-15H2,1-2H3,(H,22,23)/t18-/m1/s1. The number of aliphatic imine (C=N–C) groups is 1. The van der Waals surface area contributed by atoms with Crippen molar-refractivity contribution in [3.05, 3.63) is 35.4 Å². The highest BCUT2D eigenvalue weighted by molar-refractivity contribution is 5.87. The number of amides is 1. The first-order valence-corrected chi connectivity index (χ1v) is 10.1. The first-order chi connectivity index (χ1) is 13.6. The van der Waals surface area contributed by atoms with Gasteiger partial charge in [-0.1, -0.05) is 24.3 Å². The van der Waals surface area contributed by atoms with Gasteiger partial charge in [-0.2, -0.15) is 0 Å². The van der Waals surface area contributed by atoms with Crippen molar-refractivity contribution in [1.29, 1.82) is 0 Å². The van der Waals surface area contributed by atoms with Crippen molar-refractivity contribution in [3.8, 4) is 0 Å². The average molecular weight is 386 g/mol. The predicted octanol–water partition coefficient (Wildman–Crippen LogP) is 1.42. The van der Waals surface area contributed by atoms with E-state index in [-0.39, 0.29) is 24.3 Å². The topological polar surface area (TPSA) is 74.2 Å². The number of benzene rings is 1. The molecule has 1 fully saturated rings. The number of carbonyl (C=O) groups excluding carboxylic acids is 2. The third-order valence-corrected chi connectivity index (χ3v) is 5.43. The number of guanidine groups is 1. The number of rotatable bonds is 4. The minimum atomic E-state index is -0.147. The van der Waals surface area contributed by atoms with Gasteiger partial charge in [0.25, 0.3) is 0 Å². The summed E-state index contributed by atoms with van der Waals surface area (Å²) in [5.41, 5.74) is 2.55. The van der Waals surface area contributed by atoms with Crippen LogP contribution in [0.5, 0.6) is 0 Å². The SMILES string of the molecule is CCOC(=O)[C@@H]1CCCN(C(=NC)NCC(=O)N2CCc3ccccc3C2)C1. The quantitative estimate of drug-likeness (QED) is 0.481. The van der Waals surface area contributed by atoms with Gasteiger partial charge < -0.3 is 19.9 Å². The van der Waals surface area contributed by atoms with E-state index < -0.39 is 0 Å². The second kappa shape index (κ2) is 9.57. The zero-order valence-electron chi connectivity index (χ0n) is 16.8. The molecule has 152 valence electrons. The Labute approximate surface area is 166 Å². The van der Waals surface area contributed by atoms with Crippen molar-refractivity contribution in [2.24, 2.45) is 10.9 Å². The van der Waals surface area contributed by atoms with E-state index in [0.717, 1.165) is 32.4 Å². The molecule has 0 bridgehead atoms. The number of hydrogen-bond donors (Lipinski definition) is 1. The summed E-state index contributed by atoms with van der Waals surface area (Å²) in [5, 5.41) is 3.18. The van der Waals surface area contributed by atoms with Gasteiger partial charge in [-0.05, 0) is 37.3 Å². The Morgan fingerprint density at radius 2 is 2.00 bits per heavy atom. The number of esters is 1. The van der Waals surface area contributed by atoms with E-state index in [9.17, 15) is 9.59 Å². The number of fused-ring (bicyclic) bond motifs is 1. The second-order valence-electron chi connectivity index (χ2n) is 7.27. The summed E-state index contributed by atoms with van der Waals surface area (Å²) < 4.78 is 5.16. The Balaban J connectivity index is 1.52. The molecule has 0 unspecified atom stereocenters. The molecular weight excluding hydrogens is 356 g/mol. The Hall–Kier alpha value is -2.57. The lowest BCUT2D eigenvalue weighted by Crippen LogP contribution is -2.51. The third-order valence-electron chi connectivity index (χ3n) is 5.43. The molecule has 3 rings (SSSR count). The van der Waals surface area contributed by atoms with Crippen molar-refractivity contribution in [1.82, 2.24) is 15.1 Å². The van der Waals surface area contributed by atoms with Crippen LogP contribution in [0.15, 0.2) is 29.3 Å². The number of hydrogen-bond acceptors (Lipinski definition) is 4. The molecule has 1 N–H and O–H groups in total. The summed E-state index contributed by atoms with van der Waals surface area (Å²) >= 11 is 0. The minimum absolute atomic E-state index is 0.0644. The fourth-order valence-electron chi connectivity index (χ4n) is 3.93. The van der Waals surface area contributed by atoms with Gasteiger partial charge in [-0.25, -0.2) is 0 Å². The molecule has 7 nitrogen and oxygen atoms in total. The van der Waals surface area contributed by atoms with Crippen LogP contribution in [-0.4, -0.2) is 67.5 Å². The largest absolute Gasteiger partial charge is 0.466 e. The zero-order valence-corrected chi connectivity index (χ0v) is 16.8. The van der Waals surface area contributed by atoms with Gasteiger partial charge in [0.05, 0.1) is 19.1 Å². The summed E-state index contributed by atoms with van der Waals surface area (Å²) in [4.78, 5) is 33.0. The second-order valence-corrected chi connectivity index (χ2v) is 7.27. The van der Waals surface area contributed by atoms with Crippen LogP contribution >= 0.6 is 0 Å². The predicted molar refractivity (Wildman–Crippen MR) is 108 cm³/mol. The van der Waals surface area contributed by atoms with Crippen LogP contribution in [-0.2, 0) is 27.3 Å². The van der Waals surface area contributed by atoms with Crippen molar-refractivity contribution < 1.29 is 14.3 Å². The molecule has 1 atom stereocenters. The molecule has 1 aromatic rings. The van der Waals surface area contributed by atoms with E-state index >= 15 is 0 Å². The lowest BCUT2D eigenvalue weighted by atomic mass is 9.98. The fraction of sp³-hybridized carbons (Fsp3) is 0.571. The Bertz CT molecular complexity index is 734. The van der Waals surface area contributed by atoms with E-state index in [1.54, 1.807) is 7.05 Å². The van der Waals surface area contributed by atoms with E-state index in [2.05, 4.69) is 22.4 Å². The number of ether oxygens (including phenoxy) is 1. The maximum absolute atomic E-state index is 12.7. The van der Waals surface area contributed by atoms with E-state index in [4.69, 9.17) is 4.74 Å². The highest BCUT2D eigenvalue weighted by atomic mass is 16.5. The summed E-state index contributed by atoms with van der Waals surface area (Å²) in [5.74, 6) is 0.446. The zero-order chi connectivity index (χ0) is 19.9. The van der Waals surface area contributed by atoms with Gasteiger partial charge in [0.2, 0.25) is 5.91 Å². The monoisotopic (exact) mass is 386 g/mol. The van der Waals surface area contributed by atoms with Gasteiger partial charge >= 0.3 is 5.97 Å². The molecule has 0 aliphatic carbocycles. The molecular formula is C21H30N4O3. The number of likely N-dealkylation sites (tertiary alicyclic amines) is 1. The van der Waals surface area contributed by atoms with Gasteiger partial charge in [0, 0.05) is 33.2 Å². The molecule has 2 aliphatic rings. The van der Waals surface area contributed by atoms with Crippen LogP contribution in [0.1, 0.15) is 30.9 Å². The van der Waals surface area contributed by atoms with Crippen molar-refractivity contribution in [2.45, 2.75) is 32.7 Å². The van der Waals surface area contributed by atoms with Crippen LogP contribution in [0.2, 0.25) is 0 Å². The maximum Gasteiger partial charge on any atom is 0.310 e. The molecule has 0 spiro atoms. The van der Waals surface area contributed by atoms with Crippen LogP contribution in [0.25, 0.3) is 0 Å². The fourth-order valence-corrected chi connectivity index (χ4v) is 3.93. The van der Waals surface area contributed by atoms with Gasteiger partial charge in [0.15, 0.2) is 5.96 Å². The molecule has 0 saturated carbocycles. The Morgan fingerprint density at radius 1 is 1.21 bits per heavy atom. The summed E-state index contributed by atoms with van der Waals surface area (Å²) in [7, 11) is 1.71. The molecule has 1 saturated heterocycles. The molecule has 2 heterocycles. The molecule has 0 radical (unpaired) electrons. The van der Waals surface area contributed by atoms with Crippen LogP contribution in [0.3, 0.4) is 0 Å².